The van der Waals surface area contributed by atoms with Gasteiger partial charge in [-0.1, -0.05) is 36.4 Å². The van der Waals surface area contributed by atoms with Crippen molar-refractivity contribution in [3.8, 4) is 16.9 Å². The molecule has 0 radical (unpaired) electrons. The van der Waals surface area contributed by atoms with E-state index in [-0.39, 0.29) is 21.2 Å². The Balaban J connectivity index is 1.62. The molecular formula is C22H16N2O7S2. The van der Waals surface area contributed by atoms with Gasteiger partial charge < -0.3 is 5.11 Å². The monoisotopic (exact) mass is 484 g/mol. The van der Waals surface area contributed by atoms with E-state index in [0.29, 0.717) is 16.5 Å². The van der Waals surface area contributed by atoms with Gasteiger partial charge in [-0.25, -0.2) is 0 Å². The van der Waals surface area contributed by atoms with Crippen LogP contribution in [0.15, 0.2) is 98.9 Å². The molecule has 0 fully saturated rings. The minimum Gasteiger partial charge on any atom is -0.506 e. The maximum atomic E-state index is 11.4. The standard InChI is InChI=1S/C22H16N2O7S2/c25-21-12-5-16-13-19(33(29,30)31)10-11-20(16)22(21)24-23-17-6-1-14(2-7-17)15-3-8-18(9-4-15)32(26,27)28/h1-13,25H,(H,26,27,28)(H,29,30,31)/b24-23+. The summed E-state index contributed by atoms with van der Waals surface area (Å²) in [5, 5.41) is 19.3. The van der Waals surface area contributed by atoms with Crippen LogP contribution >= 0.6 is 0 Å². The van der Waals surface area contributed by atoms with Crippen LogP contribution in [0.1, 0.15) is 0 Å². The molecule has 168 valence electrons. The molecule has 4 aromatic rings. The summed E-state index contributed by atoms with van der Waals surface area (Å²) in [7, 11) is -8.63. The van der Waals surface area contributed by atoms with Crippen molar-refractivity contribution >= 4 is 42.4 Å². The molecule has 0 amide bonds. The Kier molecular flexibility index (Phi) is 5.72. The van der Waals surface area contributed by atoms with Crippen LogP contribution in [0.5, 0.6) is 5.75 Å². The summed E-state index contributed by atoms with van der Waals surface area (Å²) in [6.07, 6.45) is 0. The third kappa shape index (κ3) is 4.91. The van der Waals surface area contributed by atoms with Crippen molar-refractivity contribution in [3.63, 3.8) is 0 Å². The summed E-state index contributed by atoms with van der Waals surface area (Å²) in [6.45, 7) is 0. The summed E-state index contributed by atoms with van der Waals surface area (Å²) < 4.78 is 63.3. The van der Waals surface area contributed by atoms with Gasteiger partial charge in [0, 0.05) is 5.39 Å². The van der Waals surface area contributed by atoms with Gasteiger partial charge in [-0.3, -0.25) is 9.11 Å². The predicted molar refractivity (Wildman–Crippen MR) is 121 cm³/mol. The van der Waals surface area contributed by atoms with Gasteiger partial charge in [0.15, 0.2) is 0 Å². The third-order valence-corrected chi connectivity index (χ3v) is 6.58. The molecule has 33 heavy (non-hydrogen) atoms. The smallest absolute Gasteiger partial charge is 0.294 e. The van der Waals surface area contributed by atoms with Gasteiger partial charge >= 0.3 is 0 Å². The fourth-order valence-electron chi connectivity index (χ4n) is 3.19. The molecule has 0 saturated carbocycles. The Bertz CT molecular complexity index is 1600. The molecule has 11 heteroatoms. The molecule has 0 aliphatic heterocycles. The average Bonchev–Trinajstić information content (AvgIpc) is 2.77. The fraction of sp³-hybridized carbons (Fsp3) is 0. The Hall–Kier alpha value is -3.64. The SMILES string of the molecule is O=S(=O)(O)c1ccc(-c2ccc(/N=N/c3c(O)ccc4cc(S(=O)(=O)O)ccc34)cc2)cc1. The Labute approximate surface area is 189 Å². The zero-order chi connectivity index (χ0) is 23.8. The average molecular weight is 485 g/mol. The van der Waals surface area contributed by atoms with Crippen LogP contribution in [0, 0.1) is 0 Å². The molecule has 0 aromatic heterocycles. The quantitative estimate of drug-likeness (QED) is 0.262. The van der Waals surface area contributed by atoms with Gasteiger partial charge in [0.2, 0.25) is 0 Å². The number of phenolic OH excluding ortho intramolecular Hbond substituents is 1. The Morgan fingerprint density at radius 2 is 1.15 bits per heavy atom. The number of aromatic hydroxyl groups is 1. The van der Waals surface area contributed by atoms with Gasteiger partial charge in [0.1, 0.15) is 11.4 Å². The summed E-state index contributed by atoms with van der Waals surface area (Å²) in [5.74, 6) is -0.151. The van der Waals surface area contributed by atoms with Crippen LogP contribution in [-0.2, 0) is 20.2 Å². The molecule has 0 heterocycles. The maximum absolute atomic E-state index is 11.4. The number of rotatable bonds is 5. The van der Waals surface area contributed by atoms with E-state index in [1.54, 1.807) is 36.4 Å². The molecule has 0 atom stereocenters. The van der Waals surface area contributed by atoms with Crippen LogP contribution < -0.4 is 0 Å². The van der Waals surface area contributed by atoms with E-state index in [1.807, 2.05) is 0 Å². The maximum Gasteiger partial charge on any atom is 0.294 e. The highest BCUT2D eigenvalue weighted by Crippen LogP contribution is 2.37. The fourth-order valence-corrected chi connectivity index (χ4v) is 4.19. The number of azo groups is 1. The molecule has 0 aliphatic carbocycles. The largest absolute Gasteiger partial charge is 0.506 e. The zero-order valence-corrected chi connectivity index (χ0v) is 18.3. The second-order valence-electron chi connectivity index (χ2n) is 7.04. The lowest BCUT2D eigenvalue weighted by Gasteiger charge is -2.06. The number of hydrogen-bond acceptors (Lipinski definition) is 7. The summed E-state index contributed by atoms with van der Waals surface area (Å²) in [6, 6.07) is 19.3. The molecular weight excluding hydrogens is 468 g/mol. The van der Waals surface area contributed by atoms with E-state index in [9.17, 15) is 26.5 Å². The molecule has 9 nitrogen and oxygen atoms in total. The molecule has 0 spiro atoms. The first-order chi connectivity index (χ1) is 15.5. The van der Waals surface area contributed by atoms with E-state index in [4.69, 9.17) is 4.55 Å². The molecule has 0 bridgehead atoms. The zero-order valence-electron chi connectivity index (χ0n) is 16.7. The first-order valence-corrected chi connectivity index (χ1v) is 12.2. The topological polar surface area (TPSA) is 154 Å². The minimum atomic E-state index is -4.37. The lowest BCUT2D eigenvalue weighted by atomic mass is 10.1. The summed E-state index contributed by atoms with van der Waals surface area (Å²) in [4.78, 5) is -0.473. The van der Waals surface area contributed by atoms with Crippen molar-refractivity contribution in [3.05, 3.63) is 78.9 Å². The van der Waals surface area contributed by atoms with Gasteiger partial charge in [0.25, 0.3) is 20.2 Å². The number of fused-ring (bicyclic) bond motifs is 1. The predicted octanol–water partition coefficient (Wildman–Crippen LogP) is 5.12. The summed E-state index contributed by atoms with van der Waals surface area (Å²) in [5.41, 5.74) is 2.12. The number of benzene rings is 4. The second kappa shape index (κ2) is 8.37. The highest BCUT2D eigenvalue weighted by Gasteiger charge is 2.13. The first kappa shape index (κ1) is 22.6. The molecule has 3 N–H and O–H groups in total. The molecule has 0 aliphatic rings. The van der Waals surface area contributed by atoms with Crippen LogP contribution in [-0.4, -0.2) is 31.0 Å². The molecule has 4 aromatic carbocycles. The van der Waals surface area contributed by atoms with Crippen molar-refractivity contribution in [1.29, 1.82) is 0 Å². The van der Waals surface area contributed by atoms with Crippen molar-refractivity contribution in [2.45, 2.75) is 9.79 Å². The lowest BCUT2D eigenvalue weighted by molar-refractivity contribution is 0.477. The molecule has 0 unspecified atom stereocenters. The van der Waals surface area contributed by atoms with E-state index in [0.717, 1.165) is 11.1 Å². The Morgan fingerprint density at radius 1 is 0.606 bits per heavy atom. The normalized spacial score (nSPS) is 12.4. The van der Waals surface area contributed by atoms with Crippen LogP contribution in [0.3, 0.4) is 0 Å². The van der Waals surface area contributed by atoms with E-state index >= 15 is 0 Å². The van der Waals surface area contributed by atoms with Crippen molar-refractivity contribution in [2.24, 2.45) is 10.2 Å². The molecule has 4 rings (SSSR count). The Morgan fingerprint density at radius 3 is 1.73 bits per heavy atom. The highest BCUT2D eigenvalue weighted by molar-refractivity contribution is 7.86. The lowest BCUT2D eigenvalue weighted by Crippen LogP contribution is -1.97. The van der Waals surface area contributed by atoms with Crippen molar-refractivity contribution in [1.82, 2.24) is 0 Å². The van der Waals surface area contributed by atoms with E-state index < -0.39 is 20.2 Å². The van der Waals surface area contributed by atoms with Crippen LogP contribution in [0.2, 0.25) is 0 Å². The second-order valence-corrected chi connectivity index (χ2v) is 9.88. The van der Waals surface area contributed by atoms with Gasteiger partial charge in [-0.15, -0.1) is 5.11 Å². The van der Waals surface area contributed by atoms with Crippen LogP contribution in [0.4, 0.5) is 11.4 Å². The van der Waals surface area contributed by atoms with Crippen molar-refractivity contribution < 1.29 is 31.0 Å². The minimum absolute atomic E-state index is 0.138. The highest BCUT2D eigenvalue weighted by atomic mass is 32.2. The molecule has 0 saturated heterocycles. The van der Waals surface area contributed by atoms with Crippen LogP contribution in [0.25, 0.3) is 21.9 Å². The number of nitrogens with zero attached hydrogens (tertiary/aromatic N) is 2. The van der Waals surface area contributed by atoms with Gasteiger partial charge in [-0.2, -0.15) is 21.9 Å². The van der Waals surface area contributed by atoms with Gasteiger partial charge in [-0.05, 0) is 59.0 Å². The van der Waals surface area contributed by atoms with E-state index in [1.165, 1.54) is 42.5 Å². The third-order valence-electron chi connectivity index (χ3n) is 4.86. The number of hydrogen-bond donors (Lipinski definition) is 3. The van der Waals surface area contributed by atoms with Gasteiger partial charge in [0.05, 0.1) is 15.5 Å². The van der Waals surface area contributed by atoms with Crippen molar-refractivity contribution in [2.75, 3.05) is 0 Å². The van der Waals surface area contributed by atoms with E-state index in [2.05, 4.69) is 10.2 Å². The summed E-state index contributed by atoms with van der Waals surface area (Å²) >= 11 is 0. The number of phenols is 1. The first-order valence-electron chi connectivity index (χ1n) is 9.35.